The van der Waals surface area contributed by atoms with Crippen molar-refractivity contribution < 1.29 is 4.79 Å². The maximum atomic E-state index is 12.8. The summed E-state index contributed by atoms with van der Waals surface area (Å²) in [5.74, 6) is 1.59. The minimum Gasteiger partial charge on any atom is -0.379 e. The van der Waals surface area contributed by atoms with Crippen LogP contribution in [0.3, 0.4) is 0 Å². The van der Waals surface area contributed by atoms with E-state index in [2.05, 4.69) is 36.5 Å². The zero-order valence-electron chi connectivity index (χ0n) is 20.1. The number of carbonyl (C=O) groups excluding carboxylic acids is 1. The van der Waals surface area contributed by atoms with E-state index in [1.165, 1.54) is 6.42 Å². The van der Waals surface area contributed by atoms with Gasteiger partial charge in [0.2, 0.25) is 5.91 Å². The van der Waals surface area contributed by atoms with Crippen molar-refractivity contribution in [1.82, 2.24) is 15.1 Å². The molecular formula is C25H34ClN5O2. The number of fused-ring (bicyclic) bond motifs is 2. The van der Waals surface area contributed by atoms with E-state index in [1.54, 1.807) is 6.20 Å². The van der Waals surface area contributed by atoms with Crippen molar-refractivity contribution in [2.45, 2.75) is 52.7 Å². The van der Waals surface area contributed by atoms with Crippen LogP contribution in [0.25, 0.3) is 0 Å². The van der Waals surface area contributed by atoms with Crippen LogP contribution in [0, 0.1) is 23.2 Å². The molecule has 4 atom stereocenters. The van der Waals surface area contributed by atoms with Crippen molar-refractivity contribution >= 4 is 28.9 Å². The minimum atomic E-state index is -0.459. The van der Waals surface area contributed by atoms with E-state index in [9.17, 15) is 9.59 Å². The highest BCUT2D eigenvalue weighted by atomic mass is 35.5. The molecule has 0 radical (unpaired) electrons. The normalized spacial score (nSPS) is 25.2. The van der Waals surface area contributed by atoms with Crippen molar-refractivity contribution in [3.8, 4) is 0 Å². The number of hydrogen-bond acceptors (Lipinski definition) is 5. The van der Waals surface area contributed by atoms with E-state index >= 15 is 0 Å². The molecule has 2 aromatic rings. The number of rotatable bonds is 7. The SMILES string of the molecule is C[C@@H]1[C@H]2C[C@@H](C[C@H]1Nc1cnn(CC(=O)NCc3ccccc3N(C)C)c(=O)c1Cl)C2(C)C. The fraction of sp³-hybridized carbons (Fsp3) is 0.560. The average Bonchev–Trinajstić information content (AvgIpc) is 2.78. The van der Waals surface area contributed by atoms with Gasteiger partial charge in [0.1, 0.15) is 11.6 Å². The van der Waals surface area contributed by atoms with E-state index in [-0.39, 0.29) is 23.5 Å². The Morgan fingerprint density at radius 1 is 1.27 bits per heavy atom. The molecule has 5 rings (SSSR count). The van der Waals surface area contributed by atoms with Gasteiger partial charge in [-0.05, 0) is 47.6 Å². The predicted molar refractivity (Wildman–Crippen MR) is 133 cm³/mol. The van der Waals surface area contributed by atoms with Gasteiger partial charge in [-0.15, -0.1) is 0 Å². The molecule has 0 aliphatic heterocycles. The first-order valence-electron chi connectivity index (χ1n) is 11.6. The second-order valence-electron chi connectivity index (χ2n) is 10.3. The standard InChI is InChI=1S/C25H34ClN5O2/c1-15-18-10-17(25(18,2)3)11-19(15)29-20-13-28-31(24(33)23(20)26)14-22(32)27-12-16-8-6-7-9-21(16)30(4)5/h6-9,13,15,17-19,29H,10-12,14H2,1-5H3,(H,27,32)/t15-,17+,18-,19-/m1/s1. The highest BCUT2D eigenvalue weighted by molar-refractivity contribution is 6.32. The fourth-order valence-corrected chi connectivity index (χ4v) is 5.90. The molecule has 0 saturated heterocycles. The molecule has 1 aromatic carbocycles. The molecule has 0 spiro atoms. The van der Waals surface area contributed by atoms with Gasteiger partial charge < -0.3 is 15.5 Å². The fourth-order valence-electron chi connectivity index (χ4n) is 5.70. The maximum absolute atomic E-state index is 12.8. The monoisotopic (exact) mass is 471 g/mol. The third kappa shape index (κ3) is 4.47. The number of hydrogen-bond donors (Lipinski definition) is 2. The summed E-state index contributed by atoms with van der Waals surface area (Å²) in [6.45, 7) is 7.19. The molecule has 2 bridgehead atoms. The molecule has 2 N–H and O–H groups in total. The summed E-state index contributed by atoms with van der Waals surface area (Å²) in [4.78, 5) is 27.3. The molecule has 1 amide bonds. The zero-order chi connectivity index (χ0) is 23.9. The number of para-hydroxylation sites is 1. The lowest BCUT2D eigenvalue weighted by atomic mass is 9.45. The topological polar surface area (TPSA) is 79.3 Å². The van der Waals surface area contributed by atoms with Crippen LogP contribution in [0.1, 0.15) is 39.2 Å². The van der Waals surface area contributed by atoms with Gasteiger partial charge in [-0.2, -0.15) is 5.10 Å². The summed E-state index contributed by atoms with van der Waals surface area (Å²) in [7, 11) is 3.92. The Morgan fingerprint density at radius 2 is 2.00 bits per heavy atom. The van der Waals surface area contributed by atoms with Crippen LogP contribution < -0.4 is 21.1 Å². The maximum Gasteiger partial charge on any atom is 0.288 e. The van der Waals surface area contributed by atoms with Gasteiger partial charge in [-0.25, -0.2) is 4.68 Å². The molecule has 0 unspecified atom stereocenters. The van der Waals surface area contributed by atoms with Crippen molar-refractivity contribution in [2.75, 3.05) is 24.3 Å². The molecule has 3 fully saturated rings. The summed E-state index contributed by atoms with van der Waals surface area (Å²) in [5, 5.41) is 10.6. The van der Waals surface area contributed by atoms with Crippen LogP contribution in [0.5, 0.6) is 0 Å². The quantitative estimate of drug-likeness (QED) is 0.642. The number of aromatic nitrogens is 2. The van der Waals surface area contributed by atoms with Crippen molar-refractivity contribution in [3.63, 3.8) is 0 Å². The predicted octanol–water partition coefficient (Wildman–Crippen LogP) is 3.76. The number of nitrogens with zero attached hydrogens (tertiary/aromatic N) is 3. The molecule has 3 aliphatic carbocycles. The Hall–Kier alpha value is -2.54. The first-order chi connectivity index (χ1) is 15.6. The summed E-state index contributed by atoms with van der Waals surface area (Å²) < 4.78 is 1.12. The highest BCUT2D eigenvalue weighted by Crippen LogP contribution is 2.61. The second-order valence-corrected chi connectivity index (χ2v) is 10.7. The molecule has 33 heavy (non-hydrogen) atoms. The van der Waals surface area contributed by atoms with Crippen molar-refractivity contribution in [2.24, 2.45) is 23.2 Å². The molecule has 8 heteroatoms. The van der Waals surface area contributed by atoms with Crippen molar-refractivity contribution in [3.05, 3.63) is 51.4 Å². The van der Waals surface area contributed by atoms with Crippen LogP contribution >= 0.6 is 11.6 Å². The number of anilines is 2. The zero-order valence-corrected chi connectivity index (χ0v) is 20.8. The molecule has 1 heterocycles. The first kappa shape index (κ1) is 23.6. The van der Waals surface area contributed by atoms with Gasteiger partial charge in [0, 0.05) is 32.4 Å². The second kappa shape index (κ2) is 9.01. The van der Waals surface area contributed by atoms with Crippen LogP contribution in [0.15, 0.2) is 35.3 Å². The van der Waals surface area contributed by atoms with Gasteiger partial charge in [0.15, 0.2) is 0 Å². The van der Waals surface area contributed by atoms with Gasteiger partial charge in [-0.3, -0.25) is 9.59 Å². The van der Waals surface area contributed by atoms with E-state index in [4.69, 9.17) is 11.6 Å². The Labute approximate surface area is 200 Å². The summed E-state index contributed by atoms with van der Waals surface area (Å²) >= 11 is 6.41. The summed E-state index contributed by atoms with van der Waals surface area (Å²) in [5.41, 5.74) is 2.51. The molecular weight excluding hydrogens is 438 g/mol. The summed E-state index contributed by atoms with van der Waals surface area (Å²) in [6.07, 6.45) is 3.92. The van der Waals surface area contributed by atoms with Gasteiger partial charge in [0.05, 0.1) is 11.9 Å². The Bertz CT molecular complexity index is 1100. The lowest BCUT2D eigenvalue weighted by Gasteiger charge is -2.62. The van der Waals surface area contributed by atoms with Crippen LogP contribution in [0.2, 0.25) is 5.02 Å². The van der Waals surface area contributed by atoms with Crippen molar-refractivity contribution in [1.29, 1.82) is 0 Å². The number of carbonyl (C=O) groups is 1. The Morgan fingerprint density at radius 3 is 2.67 bits per heavy atom. The molecule has 7 nitrogen and oxygen atoms in total. The largest absolute Gasteiger partial charge is 0.379 e. The van der Waals surface area contributed by atoms with E-state index in [0.29, 0.717) is 35.4 Å². The molecule has 178 valence electrons. The Kier molecular flexibility index (Phi) is 6.45. The highest BCUT2D eigenvalue weighted by Gasteiger charge is 2.56. The molecule has 1 aromatic heterocycles. The van der Waals surface area contributed by atoms with Gasteiger partial charge in [-0.1, -0.05) is 50.6 Å². The van der Waals surface area contributed by atoms with Crippen LogP contribution in [-0.2, 0) is 17.9 Å². The average molecular weight is 472 g/mol. The summed E-state index contributed by atoms with van der Waals surface area (Å²) in [6, 6.07) is 8.13. The number of halogens is 1. The number of amides is 1. The molecule has 3 saturated carbocycles. The Balaban J connectivity index is 1.39. The van der Waals surface area contributed by atoms with Crippen LogP contribution in [0.4, 0.5) is 11.4 Å². The minimum absolute atomic E-state index is 0.0847. The van der Waals surface area contributed by atoms with E-state index in [1.807, 2.05) is 43.3 Å². The van der Waals surface area contributed by atoms with Gasteiger partial charge >= 0.3 is 0 Å². The third-order valence-corrected chi connectivity index (χ3v) is 8.29. The first-order valence-corrected chi connectivity index (χ1v) is 12.0. The third-order valence-electron chi connectivity index (χ3n) is 7.92. The molecule has 3 aliphatic rings. The number of nitrogens with one attached hydrogen (secondary N) is 2. The van der Waals surface area contributed by atoms with E-state index < -0.39 is 5.56 Å². The number of benzene rings is 1. The lowest BCUT2D eigenvalue weighted by Crippen LogP contribution is -2.58. The smallest absolute Gasteiger partial charge is 0.288 e. The van der Waals surface area contributed by atoms with E-state index in [0.717, 1.165) is 22.4 Å². The lowest BCUT2D eigenvalue weighted by molar-refractivity contribution is -0.122. The van der Waals surface area contributed by atoms with Gasteiger partial charge in [0.25, 0.3) is 5.56 Å². The van der Waals surface area contributed by atoms with Crippen LogP contribution in [-0.4, -0.2) is 35.8 Å².